The number of nitrogens with two attached hydrogens (primary N) is 1. The summed E-state index contributed by atoms with van der Waals surface area (Å²) in [6, 6.07) is 8.01. The third-order valence-electron chi connectivity index (χ3n) is 3.07. The first-order valence-corrected chi connectivity index (χ1v) is 5.70. The van der Waals surface area contributed by atoms with E-state index in [0.717, 1.165) is 22.9 Å². The van der Waals surface area contributed by atoms with E-state index in [1.807, 2.05) is 30.5 Å². The van der Waals surface area contributed by atoms with Crippen LogP contribution in [0.2, 0.25) is 0 Å². The zero-order valence-corrected chi connectivity index (χ0v) is 9.52. The summed E-state index contributed by atoms with van der Waals surface area (Å²) >= 11 is 0. The predicted molar refractivity (Wildman–Crippen MR) is 66.8 cm³/mol. The van der Waals surface area contributed by atoms with Gasteiger partial charge in [0.1, 0.15) is 0 Å². The molecule has 0 unspecified atom stereocenters. The minimum Gasteiger partial charge on any atom is -0.481 e. The lowest BCUT2D eigenvalue weighted by molar-refractivity contribution is -0.141. The molecule has 4 N–H and O–H groups in total. The number of aliphatic carboxylic acids is 1. The second-order valence-electron chi connectivity index (χ2n) is 4.17. The molecule has 0 amide bonds. The van der Waals surface area contributed by atoms with Gasteiger partial charge in [-0.15, -0.1) is 0 Å². The van der Waals surface area contributed by atoms with Crippen LogP contribution in [0, 0.1) is 5.92 Å². The normalized spacial score (nSPS) is 12.8. The number of nitrogens with one attached hydrogen (secondary N) is 1. The number of fused-ring (bicyclic) bond motifs is 1. The summed E-state index contributed by atoms with van der Waals surface area (Å²) in [5.41, 5.74) is 7.68. The number of aromatic amines is 1. The fourth-order valence-electron chi connectivity index (χ4n) is 2.01. The fourth-order valence-corrected chi connectivity index (χ4v) is 2.01. The molecule has 90 valence electrons. The van der Waals surface area contributed by atoms with E-state index in [4.69, 9.17) is 10.8 Å². The second-order valence-corrected chi connectivity index (χ2v) is 4.17. The van der Waals surface area contributed by atoms with Gasteiger partial charge < -0.3 is 15.8 Å². The molecule has 1 atom stereocenters. The molecule has 1 heterocycles. The average Bonchev–Trinajstić information content (AvgIpc) is 2.73. The van der Waals surface area contributed by atoms with Gasteiger partial charge >= 0.3 is 5.97 Å². The van der Waals surface area contributed by atoms with Crippen molar-refractivity contribution in [1.29, 1.82) is 0 Å². The highest BCUT2D eigenvalue weighted by Crippen LogP contribution is 2.20. The summed E-state index contributed by atoms with van der Waals surface area (Å²) in [4.78, 5) is 14.0. The highest BCUT2D eigenvalue weighted by molar-refractivity contribution is 5.83. The summed E-state index contributed by atoms with van der Waals surface area (Å²) in [6.07, 6.45) is 3.26. The molecule has 0 aliphatic carbocycles. The Morgan fingerprint density at radius 1 is 1.41 bits per heavy atom. The Morgan fingerprint density at radius 2 is 2.18 bits per heavy atom. The van der Waals surface area contributed by atoms with Crippen LogP contribution in [0.15, 0.2) is 30.5 Å². The van der Waals surface area contributed by atoms with Crippen LogP contribution in [-0.2, 0) is 11.2 Å². The van der Waals surface area contributed by atoms with Gasteiger partial charge in [0.15, 0.2) is 0 Å². The molecule has 0 saturated heterocycles. The maximum absolute atomic E-state index is 10.9. The summed E-state index contributed by atoms with van der Waals surface area (Å²) in [7, 11) is 0. The van der Waals surface area contributed by atoms with Gasteiger partial charge in [-0.3, -0.25) is 4.79 Å². The Kier molecular flexibility index (Phi) is 3.44. The topological polar surface area (TPSA) is 79.1 Å². The zero-order chi connectivity index (χ0) is 12.3. The van der Waals surface area contributed by atoms with Gasteiger partial charge in [-0.25, -0.2) is 0 Å². The van der Waals surface area contributed by atoms with Crippen molar-refractivity contribution in [2.45, 2.75) is 12.8 Å². The van der Waals surface area contributed by atoms with Gasteiger partial charge in [0.05, 0.1) is 5.92 Å². The van der Waals surface area contributed by atoms with Gasteiger partial charge in [0.2, 0.25) is 0 Å². The van der Waals surface area contributed by atoms with Crippen molar-refractivity contribution in [2.24, 2.45) is 11.7 Å². The number of H-pyrrole nitrogens is 1. The number of aromatic nitrogens is 1. The van der Waals surface area contributed by atoms with Crippen molar-refractivity contribution in [3.8, 4) is 0 Å². The number of benzene rings is 1. The monoisotopic (exact) mass is 232 g/mol. The Bertz CT molecular complexity index is 519. The van der Waals surface area contributed by atoms with Crippen LogP contribution in [0.5, 0.6) is 0 Å². The second kappa shape index (κ2) is 5.01. The van der Waals surface area contributed by atoms with Gasteiger partial charge in [0, 0.05) is 23.6 Å². The summed E-state index contributed by atoms with van der Waals surface area (Å²) < 4.78 is 0. The number of hydrogen-bond acceptors (Lipinski definition) is 2. The lowest BCUT2D eigenvalue weighted by Gasteiger charge is -2.08. The number of hydrogen-bond donors (Lipinski definition) is 3. The fraction of sp³-hybridized carbons (Fsp3) is 0.308. The van der Waals surface area contributed by atoms with Crippen molar-refractivity contribution < 1.29 is 9.90 Å². The maximum Gasteiger partial charge on any atom is 0.307 e. The van der Waals surface area contributed by atoms with E-state index in [9.17, 15) is 4.79 Å². The van der Waals surface area contributed by atoms with Crippen LogP contribution in [0.3, 0.4) is 0 Å². The molecule has 0 spiro atoms. The highest BCUT2D eigenvalue weighted by atomic mass is 16.4. The number of rotatable bonds is 5. The van der Waals surface area contributed by atoms with E-state index >= 15 is 0 Å². The van der Waals surface area contributed by atoms with Gasteiger partial charge in [-0.2, -0.15) is 0 Å². The number of carboxylic acids is 1. The Morgan fingerprint density at radius 3 is 2.88 bits per heavy atom. The van der Waals surface area contributed by atoms with E-state index in [1.54, 1.807) is 0 Å². The Balaban J connectivity index is 2.11. The first kappa shape index (κ1) is 11.7. The van der Waals surface area contributed by atoms with Crippen molar-refractivity contribution in [3.05, 3.63) is 36.0 Å². The van der Waals surface area contributed by atoms with Crippen LogP contribution >= 0.6 is 0 Å². The molecule has 2 aromatic rings. The van der Waals surface area contributed by atoms with Crippen LogP contribution in [0.25, 0.3) is 10.9 Å². The van der Waals surface area contributed by atoms with Crippen LogP contribution in [0.1, 0.15) is 12.0 Å². The molecule has 0 radical (unpaired) electrons. The van der Waals surface area contributed by atoms with E-state index in [-0.39, 0.29) is 6.54 Å². The summed E-state index contributed by atoms with van der Waals surface area (Å²) in [6.45, 7) is 0.192. The third kappa shape index (κ3) is 2.47. The number of aryl methyl sites for hydroxylation is 1. The standard InChI is InChI=1S/C13H16N2O2/c14-7-9(13(16)17)5-6-10-8-15-12-4-2-1-3-11(10)12/h1-4,8-9,15H,5-7,14H2,(H,16,17)/t9-/m1/s1. The number of carbonyl (C=O) groups is 1. The molecule has 2 rings (SSSR count). The molecule has 0 aliphatic rings. The van der Waals surface area contributed by atoms with Crippen LogP contribution in [0.4, 0.5) is 0 Å². The van der Waals surface area contributed by atoms with Crippen LogP contribution < -0.4 is 5.73 Å². The largest absolute Gasteiger partial charge is 0.481 e. The van der Waals surface area contributed by atoms with Gasteiger partial charge in [-0.05, 0) is 24.5 Å². The quantitative estimate of drug-likeness (QED) is 0.735. The maximum atomic E-state index is 10.9. The van der Waals surface area contributed by atoms with E-state index in [0.29, 0.717) is 6.42 Å². The first-order valence-electron chi connectivity index (χ1n) is 5.70. The smallest absolute Gasteiger partial charge is 0.307 e. The number of para-hydroxylation sites is 1. The molecular formula is C13H16N2O2. The highest BCUT2D eigenvalue weighted by Gasteiger charge is 2.15. The van der Waals surface area contributed by atoms with E-state index < -0.39 is 11.9 Å². The van der Waals surface area contributed by atoms with Crippen molar-refractivity contribution in [1.82, 2.24) is 4.98 Å². The van der Waals surface area contributed by atoms with Crippen molar-refractivity contribution in [2.75, 3.05) is 6.54 Å². The van der Waals surface area contributed by atoms with Gasteiger partial charge in [0.25, 0.3) is 0 Å². The molecule has 1 aromatic carbocycles. The lowest BCUT2D eigenvalue weighted by atomic mass is 9.99. The SMILES string of the molecule is NC[C@@H](CCc1c[nH]c2ccccc12)C(=O)O. The minimum absolute atomic E-state index is 0.192. The molecule has 0 saturated carbocycles. The molecule has 0 fully saturated rings. The molecule has 4 heteroatoms. The molecule has 17 heavy (non-hydrogen) atoms. The molecule has 1 aromatic heterocycles. The summed E-state index contributed by atoms with van der Waals surface area (Å²) in [5.74, 6) is -1.27. The van der Waals surface area contributed by atoms with Crippen LogP contribution in [-0.4, -0.2) is 22.6 Å². The van der Waals surface area contributed by atoms with Crippen molar-refractivity contribution >= 4 is 16.9 Å². The Hall–Kier alpha value is -1.81. The minimum atomic E-state index is -0.813. The van der Waals surface area contributed by atoms with E-state index in [2.05, 4.69) is 4.98 Å². The Labute approximate surface area is 99.4 Å². The van der Waals surface area contributed by atoms with Crippen molar-refractivity contribution in [3.63, 3.8) is 0 Å². The molecule has 4 nitrogen and oxygen atoms in total. The molecule has 0 aliphatic heterocycles. The number of carboxylic acid groups (broad SMARTS) is 1. The zero-order valence-electron chi connectivity index (χ0n) is 9.52. The van der Waals surface area contributed by atoms with E-state index in [1.165, 1.54) is 0 Å². The molecule has 0 bridgehead atoms. The van der Waals surface area contributed by atoms with Gasteiger partial charge in [-0.1, -0.05) is 18.2 Å². The average molecular weight is 232 g/mol. The first-order chi connectivity index (χ1) is 8.22. The third-order valence-corrected chi connectivity index (χ3v) is 3.07. The lowest BCUT2D eigenvalue weighted by Crippen LogP contribution is -2.23. The molecular weight excluding hydrogens is 216 g/mol. The summed E-state index contributed by atoms with van der Waals surface area (Å²) in [5, 5.41) is 10.1. The predicted octanol–water partition coefficient (Wildman–Crippen LogP) is 1.76.